The highest BCUT2D eigenvalue weighted by molar-refractivity contribution is 6.33. The van der Waals surface area contributed by atoms with E-state index < -0.39 is 5.60 Å². The minimum atomic E-state index is -0.875. The standard InChI is InChI=1S/C25H35ClN4O4/c1-18-16-30(24(32)29(18)11-6-12-34-20-14-27-15-20)19-7-8-22(26)21(13-19)23(31)28-17-25(33)9-4-2-3-5-10-25/h7-8,13,16,20,27,33H,2-6,9-12,14-15,17H2,1H3,(H,28,31). The van der Waals surface area contributed by atoms with Gasteiger partial charge in [-0.05, 0) is 44.4 Å². The van der Waals surface area contributed by atoms with Gasteiger partial charge in [0.15, 0.2) is 0 Å². The molecule has 9 heteroatoms. The molecule has 1 saturated carbocycles. The number of rotatable bonds is 9. The number of amides is 1. The second-order valence-electron chi connectivity index (χ2n) is 9.56. The SMILES string of the molecule is Cc1cn(-c2ccc(Cl)c(C(=O)NCC3(O)CCCCCC3)c2)c(=O)n1CCCOC1CNC1. The Labute approximate surface area is 205 Å². The molecule has 0 radical (unpaired) electrons. The quantitative estimate of drug-likeness (QED) is 0.371. The number of benzene rings is 1. The lowest BCUT2D eigenvalue weighted by atomic mass is 9.94. The monoisotopic (exact) mass is 490 g/mol. The van der Waals surface area contributed by atoms with Crippen molar-refractivity contribution in [3.05, 3.63) is 51.2 Å². The van der Waals surface area contributed by atoms with Crippen molar-refractivity contribution in [1.82, 2.24) is 19.8 Å². The van der Waals surface area contributed by atoms with E-state index >= 15 is 0 Å². The van der Waals surface area contributed by atoms with Gasteiger partial charge in [-0.15, -0.1) is 0 Å². The molecule has 1 amide bonds. The van der Waals surface area contributed by atoms with Crippen LogP contribution in [0.1, 0.15) is 61.0 Å². The normalized spacial score (nSPS) is 18.3. The number of aliphatic hydroxyl groups is 1. The average Bonchev–Trinajstić information content (AvgIpc) is 2.93. The van der Waals surface area contributed by atoms with Crippen molar-refractivity contribution in [3.63, 3.8) is 0 Å². The molecule has 1 aromatic heterocycles. The van der Waals surface area contributed by atoms with Crippen LogP contribution < -0.4 is 16.3 Å². The van der Waals surface area contributed by atoms with Gasteiger partial charge in [-0.1, -0.05) is 37.3 Å². The summed E-state index contributed by atoms with van der Waals surface area (Å²) in [5.41, 5.74) is 0.666. The van der Waals surface area contributed by atoms with E-state index in [9.17, 15) is 14.7 Å². The smallest absolute Gasteiger partial charge is 0.332 e. The molecule has 2 heterocycles. The molecule has 0 unspecified atom stereocenters. The summed E-state index contributed by atoms with van der Waals surface area (Å²) in [6, 6.07) is 4.99. The van der Waals surface area contributed by atoms with Gasteiger partial charge < -0.3 is 20.5 Å². The lowest BCUT2D eigenvalue weighted by molar-refractivity contribution is 0.0163. The Hall–Kier alpha value is -2.13. The maximum atomic E-state index is 13.1. The van der Waals surface area contributed by atoms with Crippen LogP contribution in [0.4, 0.5) is 0 Å². The molecule has 1 aliphatic heterocycles. The number of ether oxygens (including phenoxy) is 1. The molecule has 3 N–H and O–H groups in total. The fourth-order valence-corrected chi connectivity index (χ4v) is 4.85. The number of aryl methyl sites for hydroxylation is 1. The van der Waals surface area contributed by atoms with Gasteiger partial charge in [0.1, 0.15) is 0 Å². The zero-order valence-electron chi connectivity index (χ0n) is 19.8. The fourth-order valence-electron chi connectivity index (χ4n) is 4.64. The first-order valence-electron chi connectivity index (χ1n) is 12.3. The van der Waals surface area contributed by atoms with E-state index in [1.54, 1.807) is 29.0 Å². The van der Waals surface area contributed by atoms with Gasteiger partial charge in [-0.25, -0.2) is 4.79 Å². The number of hydrogen-bond donors (Lipinski definition) is 3. The van der Waals surface area contributed by atoms with Gasteiger partial charge in [0.2, 0.25) is 0 Å². The number of carbonyl (C=O) groups is 1. The van der Waals surface area contributed by atoms with Crippen LogP contribution in [0, 0.1) is 6.92 Å². The number of aromatic nitrogens is 2. The van der Waals surface area contributed by atoms with Crippen molar-refractivity contribution >= 4 is 17.5 Å². The zero-order chi connectivity index (χ0) is 24.1. The molecule has 1 saturated heterocycles. The van der Waals surface area contributed by atoms with Gasteiger partial charge in [-0.3, -0.25) is 13.9 Å². The predicted octanol–water partition coefficient (Wildman–Crippen LogP) is 2.79. The summed E-state index contributed by atoms with van der Waals surface area (Å²) < 4.78 is 9.01. The summed E-state index contributed by atoms with van der Waals surface area (Å²) in [7, 11) is 0. The maximum absolute atomic E-state index is 13.1. The summed E-state index contributed by atoms with van der Waals surface area (Å²) in [4.78, 5) is 26.0. The number of nitrogens with one attached hydrogen (secondary N) is 2. The van der Waals surface area contributed by atoms with Crippen LogP contribution in [0.3, 0.4) is 0 Å². The summed E-state index contributed by atoms with van der Waals surface area (Å²) in [6.45, 7) is 5.05. The van der Waals surface area contributed by atoms with Crippen molar-refractivity contribution < 1.29 is 14.6 Å². The maximum Gasteiger partial charge on any atom is 0.332 e. The Morgan fingerprint density at radius 3 is 2.68 bits per heavy atom. The first-order valence-corrected chi connectivity index (χ1v) is 12.7. The van der Waals surface area contributed by atoms with Crippen LogP contribution in [-0.4, -0.2) is 58.1 Å². The Morgan fingerprint density at radius 1 is 1.26 bits per heavy atom. The van der Waals surface area contributed by atoms with Crippen molar-refractivity contribution in [2.24, 2.45) is 0 Å². The third-order valence-corrected chi connectivity index (χ3v) is 7.22. The second-order valence-corrected chi connectivity index (χ2v) is 9.97. The van der Waals surface area contributed by atoms with Crippen molar-refractivity contribution in [1.29, 1.82) is 0 Å². The molecule has 2 aromatic rings. The van der Waals surface area contributed by atoms with E-state index in [1.807, 2.05) is 6.92 Å². The Bertz CT molecular complexity index is 1050. The summed E-state index contributed by atoms with van der Waals surface area (Å²) >= 11 is 6.33. The summed E-state index contributed by atoms with van der Waals surface area (Å²) in [5, 5.41) is 17.2. The van der Waals surface area contributed by atoms with Gasteiger partial charge in [0, 0.05) is 44.7 Å². The average molecular weight is 491 g/mol. The molecular weight excluding hydrogens is 456 g/mol. The van der Waals surface area contributed by atoms with E-state index in [2.05, 4.69) is 10.6 Å². The molecule has 2 fully saturated rings. The second kappa shape index (κ2) is 11.1. The number of carbonyl (C=O) groups excluding carboxylic acids is 1. The fraction of sp³-hybridized carbons (Fsp3) is 0.600. The number of nitrogens with zero attached hydrogens (tertiary/aromatic N) is 2. The van der Waals surface area contributed by atoms with Crippen LogP contribution in [0.5, 0.6) is 0 Å². The van der Waals surface area contributed by atoms with Gasteiger partial charge in [0.05, 0.1) is 28.0 Å². The molecule has 186 valence electrons. The highest BCUT2D eigenvalue weighted by Crippen LogP contribution is 2.27. The van der Waals surface area contributed by atoms with E-state index in [0.717, 1.165) is 50.9 Å². The Balaban J connectivity index is 1.43. The van der Waals surface area contributed by atoms with Crippen LogP contribution in [-0.2, 0) is 11.3 Å². The molecule has 1 aliphatic carbocycles. The predicted molar refractivity (Wildman–Crippen MR) is 132 cm³/mol. The lowest BCUT2D eigenvalue weighted by Gasteiger charge is -2.27. The molecule has 34 heavy (non-hydrogen) atoms. The molecule has 0 bridgehead atoms. The number of hydrogen-bond acceptors (Lipinski definition) is 5. The highest BCUT2D eigenvalue weighted by Gasteiger charge is 2.29. The van der Waals surface area contributed by atoms with E-state index in [-0.39, 0.29) is 29.8 Å². The number of imidazole rings is 1. The first-order chi connectivity index (χ1) is 16.4. The van der Waals surface area contributed by atoms with Crippen molar-refractivity contribution in [2.75, 3.05) is 26.2 Å². The molecular formula is C25H35ClN4O4. The van der Waals surface area contributed by atoms with E-state index in [0.29, 0.717) is 36.7 Å². The van der Waals surface area contributed by atoms with Crippen molar-refractivity contribution in [2.45, 2.75) is 70.1 Å². The van der Waals surface area contributed by atoms with Crippen LogP contribution in [0.25, 0.3) is 5.69 Å². The molecule has 8 nitrogen and oxygen atoms in total. The van der Waals surface area contributed by atoms with E-state index in [4.69, 9.17) is 16.3 Å². The molecule has 2 aliphatic rings. The van der Waals surface area contributed by atoms with Gasteiger partial charge >= 0.3 is 5.69 Å². The summed E-state index contributed by atoms with van der Waals surface area (Å²) in [6.07, 6.45) is 8.34. The molecule has 1 aromatic carbocycles. The Kier molecular flexibility index (Phi) is 8.14. The highest BCUT2D eigenvalue weighted by atomic mass is 35.5. The largest absolute Gasteiger partial charge is 0.388 e. The third-order valence-electron chi connectivity index (χ3n) is 6.89. The molecule has 4 rings (SSSR count). The van der Waals surface area contributed by atoms with Crippen LogP contribution in [0.15, 0.2) is 29.2 Å². The molecule has 0 spiro atoms. The van der Waals surface area contributed by atoms with Crippen LogP contribution >= 0.6 is 11.6 Å². The molecule has 0 atom stereocenters. The Morgan fingerprint density at radius 2 is 2.00 bits per heavy atom. The lowest BCUT2D eigenvalue weighted by Crippen LogP contribution is -2.48. The minimum Gasteiger partial charge on any atom is -0.388 e. The topological polar surface area (TPSA) is 97.5 Å². The first kappa shape index (κ1) is 25.0. The summed E-state index contributed by atoms with van der Waals surface area (Å²) in [5.74, 6) is -0.351. The minimum absolute atomic E-state index is 0.163. The van der Waals surface area contributed by atoms with E-state index in [1.165, 1.54) is 4.57 Å². The van der Waals surface area contributed by atoms with Crippen LogP contribution in [0.2, 0.25) is 5.02 Å². The van der Waals surface area contributed by atoms with Crippen molar-refractivity contribution in [3.8, 4) is 5.69 Å². The zero-order valence-corrected chi connectivity index (χ0v) is 20.6. The van der Waals surface area contributed by atoms with Gasteiger partial charge in [-0.2, -0.15) is 0 Å². The third kappa shape index (κ3) is 5.92. The number of halogens is 1. The van der Waals surface area contributed by atoms with Gasteiger partial charge in [0.25, 0.3) is 5.91 Å².